The second-order valence-corrected chi connectivity index (χ2v) is 4.00. The van der Waals surface area contributed by atoms with E-state index in [4.69, 9.17) is 10.5 Å². The number of para-hydroxylation sites is 1. The first kappa shape index (κ1) is 16.7. The summed E-state index contributed by atoms with van der Waals surface area (Å²) in [5.74, 6) is 0.683. The Kier molecular flexibility index (Phi) is 8.16. The van der Waals surface area contributed by atoms with Gasteiger partial charge in [0.1, 0.15) is 5.75 Å². The van der Waals surface area contributed by atoms with Crippen LogP contribution in [0.5, 0.6) is 5.75 Å². The molecule has 0 heterocycles. The van der Waals surface area contributed by atoms with E-state index in [9.17, 15) is 4.79 Å². The molecule has 1 aromatic carbocycles. The Morgan fingerprint density at radius 2 is 1.94 bits per heavy atom. The van der Waals surface area contributed by atoms with Gasteiger partial charge < -0.3 is 15.8 Å². The molecule has 1 amide bonds. The average molecular weight is 273 g/mol. The number of nitrogens with one attached hydrogen (secondary N) is 1. The Hall–Kier alpha value is -1.26. The zero-order chi connectivity index (χ0) is 12.7. The number of amides is 1. The smallest absolute Gasteiger partial charge is 0.257 e. The monoisotopic (exact) mass is 272 g/mol. The van der Waals surface area contributed by atoms with Crippen LogP contribution in [-0.2, 0) is 4.79 Å². The predicted molar refractivity (Wildman–Crippen MR) is 75.3 cm³/mol. The van der Waals surface area contributed by atoms with Gasteiger partial charge in [0.2, 0.25) is 0 Å². The van der Waals surface area contributed by atoms with E-state index in [1.165, 1.54) is 0 Å². The summed E-state index contributed by atoms with van der Waals surface area (Å²) in [5.41, 5.74) is 7.42. The van der Waals surface area contributed by atoms with Crippen molar-refractivity contribution in [3.8, 4) is 5.75 Å². The van der Waals surface area contributed by atoms with Crippen molar-refractivity contribution in [3.05, 3.63) is 29.3 Å². The Balaban J connectivity index is 0.00000289. The largest absolute Gasteiger partial charge is 0.483 e. The van der Waals surface area contributed by atoms with Crippen molar-refractivity contribution >= 4 is 18.3 Å². The molecule has 0 aliphatic heterocycles. The minimum Gasteiger partial charge on any atom is -0.483 e. The molecular formula is C13H21ClN2O2. The zero-order valence-corrected chi connectivity index (χ0v) is 11.7. The number of halogens is 1. The zero-order valence-electron chi connectivity index (χ0n) is 10.9. The fraction of sp³-hybridized carbons (Fsp3) is 0.462. The van der Waals surface area contributed by atoms with Gasteiger partial charge in [0.15, 0.2) is 6.61 Å². The maximum absolute atomic E-state index is 11.4. The number of aryl methyl sites for hydroxylation is 2. The van der Waals surface area contributed by atoms with Gasteiger partial charge in [-0.2, -0.15) is 0 Å². The number of rotatable bonds is 6. The van der Waals surface area contributed by atoms with Crippen LogP contribution in [-0.4, -0.2) is 25.6 Å². The van der Waals surface area contributed by atoms with Crippen LogP contribution in [0.4, 0.5) is 0 Å². The van der Waals surface area contributed by atoms with Crippen molar-refractivity contribution in [1.82, 2.24) is 5.32 Å². The molecule has 0 aliphatic rings. The molecule has 0 saturated heterocycles. The van der Waals surface area contributed by atoms with E-state index in [0.29, 0.717) is 13.1 Å². The first-order chi connectivity index (χ1) is 8.15. The van der Waals surface area contributed by atoms with Crippen molar-refractivity contribution in [2.45, 2.75) is 20.3 Å². The average Bonchev–Trinajstić information content (AvgIpc) is 2.29. The van der Waals surface area contributed by atoms with Gasteiger partial charge in [-0.05, 0) is 37.9 Å². The minimum atomic E-state index is -0.110. The number of hydrogen-bond donors (Lipinski definition) is 2. The van der Waals surface area contributed by atoms with E-state index < -0.39 is 0 Å². The Morgan fingerprint density at radius 3 is 2.50 bits per heavy atom. The van der Waals surface area contributed by atoms with Gasteiger partial charge in [0, 0.05) is 6.54 Å². The van der Waals surface area contributed by atoms with E-state index in [0.717, 1.165) is 23.3 Å². The number of ether oxygens (including phenoxy) is 1. The highest BCUT2D eigenvalue weighted by Crippen LogP contribution is 2.21. The first-order valence-electron chi connectivity index (χ1n) is 5.81. The lowest BCUT2D eigenvalue weighted by atomic mass is 10.1. The van der Waals surface area contributed by atoms with Crippen molar-refractivity contribution in [1.29, 1.82) is 0 Å². The van der Waals surface area contributed by atoms with Crippen LogP contribution < -0.4 is 15.8 Å². The summed E-state index contributed by atoms with van der Waals surface area (Å²) in [6.45, 7) is 5.17. The van der Waals surface area contributed by atoms with Crippen LogP contribution in [0.1, 0.15) is 17.5 Å². The summed E-state index contributed by atoms with van der Waals surface area (Å²) in [6, 6.07) is 5.90. The normalized spacial score (nSPS) is 9.50. The molecule has 0 unspecified atom stereocenters. The molecule has 3 N–H and O–H groups in total. The second-order valence-electron chi connectivity index (χ2n) is 4.00. The summed E-state index contributed by atoms with van der Waals surface area (Å²) in [7, 11) is 0. The molecule has 4 nitrogen and oxygen atoms in total. The molecule has 0 bridgehead atoms. The molecule has 0 atom stereocenters. The van der Waals surface area contributed by atoms with Crippen molar-refractivity contribution in [2.24, 2.45) is 5.73 Å². The van der Waals surface area contributed by atoms with Gasteiger partial charge in [0.05, 0.1) is 0 Å². The molecule has 18 heavy (non-hydrogen) atoms. The summed E-state index contributed by atoms with van der Waals surface area (Å²) >= 11 is 0. The Morgan fingerprint density at radius 1 is 1.33 bits per heavy atom. The third-order valence-electron chi connectivity index (χ3n) is 2.46. The highest BCUT2D eigenvalue weighted by atomic mass is 35.5. The van der Waals surface area contributed by atoms with Crippen molar-refractivity contribution < 1.29 is 9.53 Å². The topological polar surface area (TPSA) is 64.3 Å². The van der Waals surface area contributed by atoms with Gasteiger partial charge in [-0.15, -0.1) is 12.4 Å². The summed E-state index contributed by atoms with van der Waals surface area (Å²) < 4.78 is 5.52. The molecule has 102 valence electrons. The predicted octanol–water partition coefficient (Wildman–Crippen LogP) is 1.57. The third kappa shape index (κ3) is 5.38. The molecule has 5 heteroatoms. The van der Waals surface area contributed by atoms with Crippen molar-refractivity contribution in [3.63, 3.8) is 0 Å². The number of carbonyl (C=O) groups is 1. The van der Waals surface area contributed by atoms with Gasteiger partial charge in [0.25, 0.3) is 5.91 Å². The minimum absolute atomic E-state index is 0. The molecule has 0 spiro atoms. The van der Waals surface area contributed by atoms with Crippen molar-refractivity contribution in [2.75, 3.05) is 19.7 Å². The quantitative estimate of drug-likeness (QED) is 0.773. The van der Waals surface area contributed by atoms with Crippen LogP contribution in [0.25, 0.3) is 0 Å². The maximum atomic E-state index is 11.4. The molecule has 1 aromatic rings. The van der Waals surface area contributed by atoms with Crippen LogP contribution >= 0.6 is 12.4 Å². The number of benzene rings is 1. The van der Waals surface area contributed by atoms with E-state index in [2.05, 4.69) is 5.32 Å². The van der Waals surface area contributed by atoms with Gasteiger partial charge >= 0.3 is 0 Å². The highest BCUT2D eigenvalue weighted by molar-refractivity contribution is 5.85. The third-order valence-corrected chi connectivity index (χ3v) is 2.46. The van der Waals surface area contributed by atoms with Crippen LogP contribution in [0.2, 0.25) is 0 Å². The summed E-state index contributed by atoms with van der Waals surface area (Å²) in [4.78, 5) is 11.4. The van der Waals surface area contributed by atoms with E-state index in [1.807, 2.05) is 32.0 Å². The fourth-order valence-corrected chi connectivity index (χ4v) is 1.55. The molecule has 0 fully saturated rings. The molecule has 1 rings (SSSR count). The Bertz CT molecular complexity index is 363. The van der Waals surface area contributed by atoms with E-state index >= 15 is 0 Å². The number of hydrogen-bond acceptors (Lipinski definition) is 3. The molecular weight excluding hydrogens is 252 g/mol. The van der Waals surface area contributed by atoms with Gasteiger partial charge in [-0.25, -0.2) is 0 Å². The lowest BCUT2D eigenvalue weighted by Gasteiger charge is -2.11. The lowest BCUT2D eigenvalue weighted by molar-refractivity contribution is -0.123. The van der Waals surface area contributed by atoms with Gasteiger partial charge in [-0.3, -0.25) is 4.79 Å². The van der Waals surface area contributed by atoms with E-state index in [1.54, 1.807) is 0 Å². The van der Waals surface area contributed by atoms with Crippen LogP contribution in [0.3, 0.4) is 0 Å². The highest BCUT2D eigenvalue weighted by Gasteiger charge is 2.06. The maximum Gasteiger partial charge on any atom is 0.257 e. The van der Waals surface area contributed by atoms with E-state index in [-0.39, 0.29) is 24.9 Å². The van der Waals surface area contributed by atoms with Gasteiger partial charge in [-0.1, -0.05) is 18.2 Å². The lowest BCUT2D eigenvalue weighted by Crippen LogP contribution is -2.30. The standard InChI is InChI=1S/C13H20N2O2.ClH/c1-10-5-3-6-11(2)13(10)17-9-12(16)15-8-4-7-14;/h3,5-6H,4,7-9,14H2,1-2H3,(H,15,16);1H. The SMILES string of the molecule is Cc1cccc(C)c1OCC(=O)NCCCN.Cl. The molecule has 0 radical (unpaired) electrons. The van der Waals surface area contributed by atoms with Crippen LogP contribution in [0.15, 0.2) is 18.2 Å². The summed E-state index contributed by atoms with van der Waals surface area (Å²) in [5, 5.41) is 2.75. The summed E-state index contributed by atoms with van der Waals surface area (Å²) in [6.07, 6.45) is 0.787. The number of nitrogens with two attached hydrogens (primary N) is 1. The first-order valence-corrected chi connectivity index (χ1v) is 5.81. The fourth-order valence-electron chi connectivity index (χ4n) is 1.55. The second kappa shape index (κ2) is 8.78. The van der Waals surface area contributed by atoms with Crippen LogP contribution in [0, 0.1) is 13.8 Å². The molecule has 0 saturated carbocycles. The molecule has 0 aliphatic carbocycles. The number of carbonyl (C=O) groups excluding carboxylic acids is 1. The molecule has 0 aromatic heterocycles. The Labute approximate surface area is 114 Å².